The van der Waals surface area contributed by atoms with E-state index in [0.717, 1.165) is 5.56 Å². The molecule has 0 aromatic heterocycles. The maximum Gasteiger partial charge on any atom is 0.245 e. The molecule has 0 fully saturated rings. The molecule has 0 bridgehead atoms. The number of guanidine groups is 2. The number of hydrogen-bond acceptors (Lipinski definition) is 20. The summed E-state index contributed by atoms with van der Waals surface area (Å²) in [7, 11) is 0. The quantitative estimate of drug-likeness (QED) is 0.00962. The van der Waals surface area contributed by atoms with Gasteiger partial charge >= 0.3 is 0 Å². The first-order valence-corrected chi connectivity index (χ1v) is 32.0. The predicted molar refractivity (Wildman–Crippen MR) is 359 cm³/mol. The number of rotatable bonds is 47. The molecular weight excluding hydrogens is 1280 g/mol. The molecule has 0 saturated carbocycles. The zero-order valence-electron chi connectivity index (χ0n) is 55.5. The molecule has 0 aliphatic rings. The number of carbonyl (C=O) groups is 13. The fraction of sp³-hybridized carbons (Fsp3) is 0.557. The summed E-state index contributed by atoms with van der Waals surface area (Å²) in [5.74, 6) is -12.3. The number of hydrogen-bond donors (Lipinski definition) is 22. The normalized spacial score (nSPS) is 14.2. The summed E-state index contributed by atoms with van der Waals surface area (Å²) in [5, 5.41) is 50.1. The van der Waals surface area contributed by atoms with Crippen molar-refractivity contribution in [2.75, 3.05) is 45.9 Å². The fourth-order valence-corrected chi connectivity index (χ4v) is 9.23. The van der Waals surface area contributed by atoms with E-state index in [4.69, 9.17) is 45.9 Å². The Bertz CT molecular complexity index is 2990. The molecule has 2 rings (SSSR count). The van der Waals surface area contributed by atoms with E-state index in [2.05, 4.69) is 73.8 Å². The number of amides is 13. The van der Waals surface area contributed by atoms with Crippen LogP contribution in [0.3, 0.4) is 0 Å². The average molecular weight is 1380 g/mol. The van der Waals surface area contributed by atoms with Crippen LogP contribution in [0.1, 0.15) is 103 Å². The lowest BCUT2D eigenvalue weighted by atomic mass is 10.0. The molecule has 98 heavy (non-hydrogen) atoms. The molecule has 0 aliphatic carbocycles. The van der Waals surface area contributed by atoms with Gasteiger partial charge in [-0.2, -0.15) is 0 Å². The number of nitrogens with zero attached hydrogens (tertiary/aromatic N) is 2. The average Bonchev–Trinajstić information content (AvgIpc) is 0.892. The van der Waals surface area contributed by atoms with Gasteiger partial charge in [0.25, 0.3) is 0 Å². The number of aliphatic hydroxyl groups excluding tert-OH is 2. The van der Waals surface area contributed by atoms with Gasteiger partial charge in [-0.05, 0) is 109 Å². The highest BCUT2D eigenvalue weighted by Crippen LogP contribution is 2.10. The van der Waals surface area contributed by atoms with Crippen LogP contribution in [0.5, 0.6) is 0 Å². The molecule has 0 radical (unpaired) electrons. The lowest BCUT2D eigenvalue weighted by molar-refractivity contribution is -0.136. The van der Waals surface area contributed by atoms with Crippen LogP contribution in [0.2, 0.25) is 0 Å². The van der Waals surface area contributed by atoms with E-state index in [1.807, 2.05) is 18.2 Å². The zero-order chi connectivity index (χ0) is 73.3. The first-order chi connectivity index (χ1) is 46.5. The van der Waals surface area contributed by atoms with Crippen LogP contribution in [0.15, 0.2) is 70.6 Å². The topological polar surface area (TPSA) is 640 Å². The van der Waals surface area contributed by atoms with Crippen LogP contribution in [0, 0.1) is 0 Å². The van der Waals surface area contributed by atoms with Gasteiger partial charge in [0, 0.05) is 25.9 Å². The Hall–Kier alpha value is -10.1. The second-order valence-electron chi connectivity index (χ2n) is 22.9. The summed E-state index contributed by atoms with van der Waals surface area (Å²) in [6.45, 7) is 1.70. The Balaban J connectivity index is 2.18. The summed E-state index contributed by atoms with van der Waals surface area (Å²) >= 11 is 0. The summed E-state index contributed by atoms with van der Waals surface area (Å²) in [6, 6.07) is 4.45. The number of nitrogens with two attached hydrogens (primary N) is 8. The molecule has 0 saturated heterocycles. The van der Waals surface area contributed by atoms with E-state index in [1.165, 1.54) is 20.8 Å². The lowest BCUT2D eigenvalue weighted by Crippen LogP contribution is -2.60. The Morgan fingerprint density at radius 2 is 0.827 bits per heavy atom. The van der Waals surface area contributed by atoms with Gasteiger partial charge in [0.15, 0.2) is 11.9 Å². The van der Waals surface area contributed by atoms with Crippen LogP contribution in [-0.4, -0.2) is 211 Å². The van der Waals surface area contributed by atoms with Gasteiger partial charge in [0.05, 0.1) is 32.0 Å². The molecule has 37 heteroatoms. The fourth-order valence-electron chi connectivity index (χ4n) is 9.23. The van der Waals surface area contributed by atoms with Crippen molar-refractivity contribution < 1.29 is 72.5 Å². The zero-order valence-corrected chi connectivity index (χ0v) is 55.5. The molecule has 0 unspecified atom stereocenters. The highest BCUT2D eigenvalue weighted by atomic mass is 16.3. The molecule has 544 valence electrons. The molecule has 0 heterocycles. The Kier molecular flexibility index (Phi) is 39.5. The van der Waals surface area contributed by atoms with Crippen molar-refractivity contribution in [3.63, 3.8) is 0 Å². The van der Waals surface area contributed by atoms with Crippen molar-refractivity contribution in [2.45, 2.75) is 171 Å². The molecule has 2 aromatic carbocycles. The molecule has 0 aliphatic heterocycles. The number of aliphatic imine (C=N–C) groups is 2. The van der Waals surface area contributed by atoms with Crippen molar-refractivity contribution >= 4 is 88.7 Å². The molecular formula is C61H100N22O15. The van der Waals surface area contributed by atoms with Gasteiger partial charge in [-0.1, -0.05) is 60.7 Å². The minimum Gasteiger partial charge on any atom is -0.394 e. The van der Waals surface area contributed by atoms with E-state index in [9.17, 15) is 72.5 Å². The molecule has 0 spiro atoms. The van der Waals surface area contributed by atoms with E-state index < -0.39 is 170 Å². The highest BCUT2D eigenvalue weighted by molar-refractivity contribution is 6.00. The number of primary amides is 1. The first kappa shape index (κ1) is 84.0. The minimum absolute atomic E-state index is 0.0256. The summed E-state index contributed by atoms with van der Waals surface area (Å²) in [6.07, 6.45) is -1.16. The number of nitrogens with one attached hydrogen (secondary N) is 12. The maximum atomic E-state index is 14.1. The summed E-state index contributed by atoms with van der Waals surface area (Å²) in [4.78, 5) is 181. The molecule has 2 aromatic rings. The minimum atomic E-state index is -1.73. The van der Waals surface area contributed by atoms with Gasteiger partial charge in [-0.3, -0.25) is 72.3 Å². The van der Waals surface area contributed by atoms with E-state index in [-0.39, 0.29) is 82.9 Å². The monoisotopic (exact) mass is 1380 g/mol. The van der Waals surface area contributed by atoms with Crippen LogP contribution >= 0.6 is 0 Å². The van der Waals surface area contributed by atoms with Crippen LogP contribution < -0.4 is 110 Å². The maximum absolute atomic E-state index is 14.1. The van der Waals surface area contributed by atoms with Crippen molar-refractivity contribution in [3.05, 3.63) is 71.8 Å². The number of benzene rings is 2. The number of unbranched alkanes of at least 4 members (excludes halogenated alkanes) is 2. The van der Waals surface area contributed by atoms with E-state index in [1.54, 1.807) is 42.5 Å². The predicted octanol–water partition coefficient (Wildman–Crippen LogP) is -8.88. The molecule has 30 N–H and O–H groups in total. The van der Waals surface area contributed by atoms with Crippen LogP contribution in [0.25, 0.3) is 0 Å². The highest BCUT2D eigenvalue weighted by Gasteiger charge is 2.34. The van der Waals surface area contributed by atoms with Crippen molar-refractivity contribution in [3.8, 4) is 0 Å². The largest absolute Gasteiger partial charge is 0.394 e. The third-order valence-electron chi connectivity index (χ3n) is 14.5. The van der Waals surface area contributed by atoms with Crippen molar-refractivity contribution in [1.82, 2.24) is 63.8 Å². The third-order valence-corrected chi connectivity index (χ3v) is 14.5. The van der Waals surface area contributed by atoms with Crippen molar-refractivity contribution in [1.29, 1.82) is 0 Å². The number of carbonyl (C=O) groups excluding carboxylic acids is 13. The molecule has 37 nitrogen and oxygen atoms in total. The van der Waals surface area contributed by atoms with E-state index in [0.29, 0.717) is 37.8 Å². The van der Waals surface area contributed by atoms with Gasteiger partial charge in [0.2, 0.25) is 76.8 Å². The second-order valence-corrected chi connectivity index (χ2v) is 22.9. The van der Waals surface area contributed by atoms with Gasteiger partial charge in [-0.15, -0.1) is 0 Å². The SMILES string of the molecule is C[C@H](NC(=O)CNC(=O)[C@@H](NC(=O)[C@H](Cc1ccccc1)NC(=O)CNC(=O)CC(=O)N[C@@H](N)Cc1ccccc1)[C@@H](C)O)C(=O)N[C@@H](CCCN=C(N)N)C(=O)N[C@@H](CCCCN)C(=O)N[C@@H](CO)C(=O)N[C@@H](C)C(=O)N[C@@H](CCCN=C(N)N)C(=O)N[C@@H](CCCCN)C(N)=O. The Morgan fingerprint density at radius 1 is 0.418 bits per heavy atom. The summed E-state index contributed by atoms with van der Waals surface area (Å²) < 4.78 is 0. The molecule has 11 atom stereocenters. The van der Waals surface area contributed by atoms with Gasteiger partial charge in [-0.25, -0.2) is 0 Å². The second kappa shape index (κ2) is 46.1. The Labute approximate surface area is 567 Å². The van der Waals surface area contributed by atoms with E-state index >= 15 is 0 Å². The number of aliphatic hydroxyl groups is 2. The van der Waals surface area contributed by atoms with Gasteiger partial charge < -0.3 is 120 Å². The van der Waals surface area contributed by atoms with Crippen LogP contribution in [0.4, 0.5) is 0 Å². The lowest BCUT2D eigenvalue weighted by Gasteiger charge is -2.26. The molecule has 13 amide bonds. The smallest absolute Gasteiger partial charge is 0.245 e. The summed E-state index contributed by atoms with van der Waals surface area (Å²) in [5.41, 5.74) is 46.0. The van der Waals surface area contributed by atoms with Crippen molar-refractivity contribution in [2.24, 2.45) is 55.9 Å². The first-order valence-electron chi connectivity index (χ1n) is 32.0. The van der Waals surface area contributed by atoms with Crippen LogP contribution in [-0.2, 0) is 75.2 Å². The third kappa shape index (κ3) is 34.5. The van der Waals surface area contributed by atoms with Gasteiger partial charge in [0.1, 0.15) is 60.8 Å². The standard InChI is InChI=1S/C61H100N22O15/c1-34(74-48(88)32-73-59(98)50(36(3)85)83-57(96)43(28-37-16-6-4-7-17-37)76-49(89)31-72-46(86)30-47(87)82-45(64)29-38-18-8-5-9-19-38)52(91)78-42(23-15-27-71-61(68)69)55(94)80-40(21-11-13-25-63)56(95)81-44(33-84)58(97)75-35(2)53(92)79-41(22-14-26-70-60(66)67)54(93)77-39(51(65)90)20-10-12-24-62/h4-9,16-19,34-36,39-45,50,84-85H,10-15,20-33,62-64H2,1-3H3,(H2,65,90)(H,72,86)(H,73,98)(H,74,88)(H,75,97)(H,76,89)(H,77,93)(H,78,91)(H,79,92)(H,80,94)(H,81,95)(H,82,87)(H,83,96)(H4,66,67,70)(H4,68,69,71)/t34-,35-,36+,39-,40-,41-,42-,43-,44-,45+,50-/m0/s1. The Morgan fingerprint density at radius 3 is 1.30 bits per heavy atom.